The van der Waals surface area contributed by atoms with Crippen molar-refractivity contribution in [3.8, 4) is 0 Å². The first kappa shape index (κ1) is 11.0. The molecule has 0 aromatic rings. The molecule has 68 valence electrons. The minimum absolute atomic E-state index is 0.0704. The Labute approximate surface area is 74.6 Å². The van der Waals surface area contributed by atoms with E-state index in [1.807, 2.05) is 13.8 Å². The summed E-state index contributed by atoms with van der Waals surface area (Å²) in [5.74, 6) is 0.0704. The van der Waals surface area contributed by atoms with E-state index in [1.54, 1.807) is 11.8 Å². The minimum Gasteiger partial charge on any atom is -0.335 e. The lowest BCUT2D eigenvalue weighted by Gasteiger charge is -2.20. The lowest BCUT2D eigenvalue weighted by atomic mass is 10.2. The highest BCUT2D eigenvalue weighted by Crippen LogP contribution is 2.00. The van der Waals surface area contributed by atoms with Gasteiger partial charge in [0.2, 0.25) is 5.91 Å². The third-order valence-electron chi connectivity index (χ3n) is 1.37. The van der Waals surface area contributed by atoms with E-state index < -0.39 is 0 Å². The summed E-state index contributed by atoms with van der Waals surface area (Å²) in [4.78, 5) is 12.8. The summed E-state index contributed by atoms with van der Waals surface area (Å²) in [5.41, 5.74) is 1.98. The number of amides is 1. The Hall–Kier alpha value is -1.05. The van der Waals surface area contributed by atoms with E-state index in [2.05, 4.69) is 13.2 Å². The highest BCUT2D eigenvalue weighted by atomic mass is 16.2. The number of hydrogen-bond donors (Lipinski definition) is 0. The fourth-order valence-corrected chi connectivity index (χ4v) is 0.930. The predicted octanol–water partition coefficient (Wildman–Crippen LogP) is 1.99. The molecule has 0 unspecified atom stereocenters. The Bertz CT molecular complexity index is 190. The van der Waals surface area contributed by atoms with Gasteiger partial charge >= 0.3 is 0 Å². The number of carbonyl (C=O) groups excluding carboxylic acids is 1. The van der Waals surface area contributed by atoms with Crippen molar-refractivity contribution in [1.82, 2.24) is 4.90 Å². The van der Waals surface area contributed by atoms with Crippen LogP contribution in [0.5, 0.6) is 0 Å². The molecule has 0 rings (SSSR count). The maximum Gasteiger partial charge on any atom is 0.220 e. The zero-order chi connectivity index (χ0) is 9.72. The van der Waals surface area contributed by atoms with Gasteiger partial charge in [0.05, 0.1) is 0 Å². The molecule has 0 aromatic carbocycles. The van der Waals surface area contributed by atoms with Crippen molar-refractivity contribution in [2.24, 2.45) is 0 Å². The lowest BCUT2D eigenvalue weighted by Crippen LogP contribution is -2.31. The van der Waals surface area contributed by atoms with E-state index in [-0.39, 0.29) is 5.91 Å². The summed E-state index contributed by atoms with van der Waals surface area (Å²) in [5, 5.41) is 0. The van der Waals surface area contributed by atoms with Crippen molar-refractivity contribution in [3.05, 3.63) is 24.3 Å². The summed E-state index contributed by atoms with van der Waals surface area (Å²) in [6.45, 7) is 14.2. The van der Waals surface area contributed by atoms with Gasteiger partial charge in [0, 0.05) is 20.0 Å². The summed E-state index contributed by atoms with van der Waals surface area (Å²) in [7, 11) is 0. The normalized spacial score (nSPS) is 9.25. The van der Waals surface area contributed by atoms with Gasteiger partial charge in [-0.15, -0.1) is 0 Å². The van der Waals surface area contributed by atoms with Crippen LogP contribution in [0.1, 0.15) is 20.8 Å². The molecule has 0 aliphatic carbocycles. The molecule has 0 saturated carbocycles. The SMILES string of the molecule is C=C(C)CN(CC(=C)C)C(C)=O. The van der Waals surface area contributed by atoms with Crippen LogP contribution in [0.3, 0.4) is 0 Å². The van der Waals surface area contributed by atoms with Gasteiger partial charge in [-0.1, -0.05) is 24.3 Å². The summed E-state index contributed by atoms with van der Waals surface area (Å²) >= 11 is 0. The van der Waals surface area contributed by atoms with Crippen LogP contribution in [0.4, 0.5) is 0 Å². The molecule has 0 aromatic heterocycles. The Morgan fingerprint density at radius 3 is 1.58 bits per heavy atom. The third kappa shape index (κ3) is 4.72. The molecule has 1 amide bonds. The average molecular weight is 167 g/mol. The molecule has 0 aliphatic rings. The second kappa shape index (κ2) is 4.75. The van der Waals surface area contributed by atoms with Gasteiger partial charge in [0.25, 0.3) is 0 Å². The van der Waals surface area contributed by atoms with Crippen LogP contribution < -0.4 is 0 Å². The second-order valence-corrected chi connectivity index (χ2v) is 3.29. The highest BCUT2D eigenvalue weighted by Gasteiger charge is 2.07. The zero-order valence-corrected chi connectivity index (χ0v) is 8.18. The van der Waals surface area contributed by atoms with Gasteiger partial charge < -0.3 is 4.90 Å². The van der Waals surface area contributed by atoms with Gasteiger partial charge in [-0.05, 0) is 13.8 Å². The van der Waals surface area contributed by atoms with Crippen molar-refractivity contribution in [3.63, 3.8) is 0 Å². The van der Waals surface area contributed by atoms with Gasteiger partial charge in [0.1, 0.15) is 0 Å². The first-order chi connectivity index (χ1) is 5.43. The van der Waals surface area contributed by atoms with Gasteiger partial charge in [-0.2, -0.15) is 0 Å². The van der Waals surface area contributed by atoms with E-state index >= 15 is 0 Å². The largest absolute Gasteiger partial charge is 0.335 e. The second-order valence-electron chi connectivity index (χ2n) is 3.29. The van der Waals surface area contributed by atoms with Crippen LogP contribution in [-0.4, -0.2) is 23.9 Å². The van der Waals surface area contributed by atoms with E-state index in [0.29, 0.717) is 13.1 Å². The molecule has 0 fully saturated rings. The molecule has 0 bridgehead atoms. The topological polar surface area (TPSA) is 20.3 Å². The highest BCUT2D eigenvalue weighted by molar-refractivity contribution is 5.73. The molecule has 0 saturated heterocycles. The van der Waals surface area contributed by atoms with E-state index in [1.165, 1.54) is 0 Å². The smallest absolute Gasteiger partial charge is 0.220 e. The molecule has 2 nitrogen and oxygen atoms in total. The van der Waals surface area contributed by atoms with Crippen LogP contribution in [0.2, 0.25) is 0 Å². The van der Waals surface area contributed by atoms with Crippen LogP contribution in [-0.2, 0) is 4.79 Å². The average Bonchev–Trinajstić information content (AvgIpc) is 1.83. The Balaban J connectivity index is 4.14. The number of hydrogen-bond acceptors (Lipinski definition) is 1. The summed E-state index contributed by atoms with van der Waals surface area (Å²) < 4.78 is 0. The molecule has 0 radical (unpaired) electrons. The molecule has 0 aliphatic heterocycles. The van der Waals surface area contributed by atoms with Crippen LogP contribution >= 0.6 is 0 Å². The molecule has 0 atom stereocenters. The summed E-state index contributed by atoms with van der Waals surface area (Å²) in [6.07, 6.45) is 0. The van der Waals surface area contributed by atoms with E-state index in [9.17, 15) is 4.79 Å². The Kier molecular flexibility index (Phi) is 4.34. The molecule has 0 N–H and O–H groups in total. The summed E-state index contributed by atoms with van der Waals surface area (Å²) in [6, 6.07) is 0. The van der Waals surface area contributed by atoms with Crippen LogP contribution in [0, 0.1) is 0 Å². The van der Waals surface area contributed by atoms with Crippen LogP contribution in [0.25, 0.3) is 0 Å². The first-order valence-electron chi connectivity index (χ1n) is 3.97. The molecule has 0 spiro atoms. The van der Waals surface area contributed by atoms with Crippen LogP contribution in [0.15, 0.2) is 24.3 Å². The quantitative estimate of drug-likeness (QED) is 0.586. The van der Waals surface area contributed by atoms with Gasteiger partial charge in [-0.3, -0.25) is 4.79 Å². The number of rotatable bonds is 4. The maximum atomic E-state index is 11.1. The van der Waals surface area contributed by atoms with Crippen molar-refractivity contribution in [2.45, 2.75) is 20.8 Å². The molecular weight excluding hydrogens is 150 g/mol. The van der Waals surface area contributed by atoms with Crippen molar-refractivity contribution in [1.29, 1.82) is 0 Å². The molecular formula is C10H17NO. The fourth-order valence-electron chi connectivity index (χ4n) is 0.930. The minimum atomic E-state index is 0.0704. The number of nitrogens with zero attached hydrogens (tertiary/aromatic N) is 1. The predicted molar refractivity (Wildman–Crippen MR) is 51.9 cm³/mol. The Morgan fingerprint density at radius 2 is 1.42 bits per heavy atom. The fraction of sp³-hybridized carbons (Fsp3) is 0.500. The molecule has 12 heavy (non-hydrogen) atoms. The van der Waals surface area contributed by atoms with Crippen molar-refractivity contribution >= 4 is 5.91 Å². The van der Waals surface area contributed by atoms with Crippen molar-refractivity contribution in [2.75, 3.05) is 13.1 Å². The first-order valence-corrected chi connectivity index (χ1v) is 3.97. The van der Waals surface area contributed by atoms with Gasteiger partial charge in [-0.25, -0.2) is 0 Å². The standard InChI is InChI=1S/C10H17NO/c1-8(2)6-11(10(5)12)7-9(3)4/h1,3,6-7H2,2,4-5H3. The van der Waals surface area contributed by atoms with Crippen molar-refractivity contribution < 1.29 is 4.79 Å². The Morgan fingerprint density at radius 1 is 1.08 bits per heavy atom. The molecule has 0 heterocycles. The number of carbonyl (C=O) groups is 1. The van der Waals surface area contributed by atoms with E-state index in [0.717, 1.165) is 11.1 Å². The molecule has 2 heteroatoms. The zero-order valence-electron chi connectivity index (χ0n) is 8.18. The third-order valence-corrected chi connectivity index (χ3v) is 1.37. The maximum absolute atomic E-state index is 11.1. The van der Waals surface area contributed by atoms with E-state index in [4.69, 9.17) is 0 Å². The lowest BCUT2D eigenvalue weighted by molar-refractivity contribution is -0.128. The van der Waals surface area contributed by atoms with Gasteiger partial charge in [0.15, 0.2) is 0 Å². The monoisotopic (exact) mass is 167 g/mol.